The number of benzene rings is 2. The zero-order valence-electron chi connectivity index (χ0n) is 19.5. The van der Waals surface area contributed by atoms with Gasteiger partial charge >= 0.3 is 12.4 Å². The van der Waals surface area contributed by atoms with Gasteiger partial charge in [0.15, 0.2) is 4.75 Å². The van der Waals surface area contributed by atoms with Crippen LogP contribution in [-0.4, -0.2) is 53.9 Å². The van der Waals surface area contributed by atoms with Gasteiger partial charge in [0, 0.05) is 28.6 Å². The minimum atomic E-state index is -4.69. The highest BCUT2D eigenvalue weighted by atomic mass is 35.5. The molecule has 1 fully saturated rings. The van der Waals surface area contributed by atoms with Crippen molar-refractivity contribution in [2.45, 2.75) is 42.9 Å². The predicted octanol–water partition coefficient (Wildman–Crippen LogP) is 6.49. The number of aryl methyl sites for hydroxylation is 1. The van der Waals surface area contributed by atoms with E-state index in [9.17, 15) is 35.9 Å². The van der Waals surface area contributed by atoms with Gasteiger partial charge in [-0.3, -0.25) is 9.59 Å². The van der Waals surface area contributed by atoms with Gasteiger partial charge < -0.3 is 10.2 Å². The zero-order chi connectivity index (χ0) is 28.0. The number of carbonyl (C=O) groups excluding carboxylic acids is 2. The molecular formula is C24H19Cl2F6N3O2S. The maximum atomic E-state index is 14.3. The summed E-state index contributed by atoms with van der Waals surface area (Å²) in [5.41, 5.74) is 0.887. The Labute approximate surface area is 227 Å². The van der Waals surface area contributed by atoms with Crippen LogP contribution in [-0.2, 0) is 9.54 Å². The standard InChI is InChI=1S/C24H19Cl2F6N3O2S/c1-12-6-13(2-3-17(12)20(36)33-18-4-5-35(21(18)37)11-23(27,28)29)19-10-22(38-34-19,24(30,31)32)14-7-15(25)9-16(26)8-14/h2-3,6-9,18H,4-5,10-11H2,1H3,(H,33,36). The minimum Gasteiger partial charge on any atom is -0.340 e. The lowest BCUT2D eigenvalue weighted by molar-refractivity contribution is -0.159. The van der Waals surface area contributed by atoms with E-state index in [1.807, 2.05) is 0 Å². The Kier molecular flexibility index (Phi) is 7.72. The van der Waals surface area contributed by atoms with E-state index in [4.69, 9.17) is 23.2 Å². The monoisotopic (exact) mass is 597 g/mol. The van der Waals surface area contributed by atoms with Crippen LogP contribution >= 0.6 is 35.1 Å². The van der Waals surface area contributed by atoms with Crippen molar-refractivity contribution in [1.82, 2.24) is 10.2 Å². The Morgan fingerprint density at radius 1 is 1.13 bits per heavy atom. The second-order valence-electron chi connectivity index (χ2n) is 9.01. The fourth-order valence-corrected chi connectivity index (χ4v) is 5.92. The second kappa shape index (κ2) is 10.3. The van der Waals surface area contributed by atoms with Crippen LogP contribution in [0, 0.1) is 6.92 Å². The lowest BCUT2D eigenvalue weighted by atomic mass is 9.89. The van der Waals surface area contributed by atoms with Crippen LogP contribution in [0.15, 0.2) is 40.8 Å². The Balaban J connectivity index is 1.51. The summed E-state index contributed by atoms with van der Waals surface area (Å²) >= 11 is 12.3. The first-order chi connectivity index (χ1) is 17.6. The molecule has 4 rings (SSSR count). The quantitative estimate of drug-likeness (QED) is 0.316. The molecule has 0 radical (unpaired) electrons. The molecule has 1 N–H and O–H groups in total. The van der Waals surface area contributed by atoms with Crippen LogP contribution < -0.4 is 5.32 Å². The first-order valence-electron chi connectivity index (χ1n) is 11.2. The summed E-state index contributed by atoms with van der Waals surface area (Å²) in [7, 11) is 0. The number of nitrogens with zero attached hydrogens (tertiary/aromatic N) is 2. The average Bonchev–Trinajstić information content (AvgIpc) is 3.38. The van der Waals surface area contributed by atoms with Gasteiger partial charge in [0.2, 0.25) is 5.91 Å². The molecule has 2 amide bonds. The number of hydrogen-bond donors (Lipinski definition) is 1. The van der Waals surface area contributed by atoms with Gasteiger partial charge in [-0.25, -0.2) is 4.40 Å². The summed E-state index contributed by atoms with van der Waals surface area (Å²) in [6, 6.07) is 6.94. The molecule has 1 saturated heterocycles. The number of halogens is 8. The smallest absolute Gasteiger partial charge is 0.340 e. The van der Waals surface area contributed by atoms with Crippen LogP contribution in [0.2, 0.25) is 10.0 Å². The number of rotatable bonds is 5. The van der Waals surface area contributed by atoms with E-state index in [1.54, 1.807) is 6.92 Å². The Morgan fingerprint density at radius 2 is 1.79 bits per heavy atom. The third-order valence-corrected chi connectivity index (χ3v) is 7.96. The van der Waals surface area contributed by atoms with Crippen molar-refractivity contribution < 1.29 is 35.9 Å². The van der Waals surface area contributed by atoms with Crippen molar-refractivity contribution in [3.8, 4) is 0 Å². The minimum absolute atomic E-state index is 0.0266. The number of amides is 2. The molecule has 2 heterocycles. The van der Waals surface area contributed by atoms with Gasteiger partial charge in [-0.1, -0.05) is 29.3 Å². The number of likely N-dealkylation sites (tertiary alicyclic amines) is 1. The maximum absolute atomic E-state index is 14.3. The van der Waals surface area contributed by atoms with E-state index in [0.717, 1.165) is 0 Å². The third kappa shape index (κ3) is 5.76. The van der Waals surface area contributed by atoms with Crippen LogP contribution in [0.3, 0.4) is 0 Å². The number of carbonyl (C=O) groups is 2. The van der Waals surface area contributed by atoms with E-state index in [2.05, 4.69) is 9.71 Å². The summed E-state index contributed by atoms with van der Waals surface area (Å²) in [6.07, 6.45) is -9.72. The highest BCUT2D eigenvalue weighted by Gasteiger charge is 2.60. The first kappa shape index (κ1) is 28.6. The fourth-order valence-electron chi connectivity index (χ4n) is 4.43. The molecule has 38 heavy (non-hydrogen) atoms. The topological polar surface area (TPSA) is 61.8 Å². The highest BCUT2D eigenvalue weighted by Crippen LogP contribution is 2.57. The molecule has 2 atom stereocenters. The largest absolute Gasteiger partial charge is 0.409 e. The molecule has 204 valence electrons. The molecule has 5 nitrogen and oxygen atoms in total. The molecule has 0 saturated carbocycles. The van der Waals surface area contributed by atoms with Gasteiger partial charge in [-0.2, -0.15) is 26.3 Å². The molecule has 0 aliphatic carbocycles. The van der Waals surface area contributed by atoms with Crippen LogP contribution in [0.1, 0.15) is 39.9 Å². The third-order valence-electron chi connectivity index (χ3n) is 6.29. The average molecular weight is 598 g/mol. The van der Waals surface area contributed by atoms with Crippen molar-refractivity contribution in [1.29, 1.82) is 0 Å². The van der Waals surface area contributed by atoms with Gasteiger partial charge in [-0.05, 0) is 72.3 Å². The maximum Gasteiger partial charge on any atom is 0.409 e. The molecule has 2 aromatic rings. The summed E-state index contributed by atoms with van der Waals surface area (Å²) in [4.78, 5) is 25.6. The van der Waals surface area contributed by atoms with Crippen molar-refractivity contribution in [2.24, 2.45) is 4.40 Å². The molecule has 0 aromatic heterocycles. The van der Waals surface area contributed by atoms with E-state index >= 15 is 0 Å². The molecular weight excluding hydrogens is 579 g/mol. The van der Waals surface area contributed by atoms with Crippen molar-refractivity contribution >= 4 is 52.7 Å². The van der Waals surface area contributed by atoms with E-state index in [1.165, 1.54) is 36.4 Å². The van der Waals surface area contributed by atoms with E-state index in [0.29, 0.717) is 28.0 Å². The summed E-state index contributed by atoms with van der Waals surface area (Å²) in [6.45, 7) is 0.0194. The molecule has 14 heteroatoms. The summed E-state index contributed by atoms with van der Waals surface area (Å²) < 4.78 is 82.5. The van der Waals surface area contributed by atoms with Gasteiger partial charge in [0.05, 0.1) is 5.71 Å². The molecule has 2 unspecified atom stereocenters. The van der Waals surface area contributed by atoms with Crippen molar-refractivity contribution in [2.75, 3.05) is 13.1 Å². The van der Waals surface area contributed by atoms with E-state index < -0.39 is 47.9 Å². The van der Waals surface area contributed by atoms with Crippen LogP contribution in [0.4, 0.5) is 26.3 Å². The molecule has 0 spiro atoms. The van der Waals surface area contributed by atoms with Gasteiger partial charge in [-0.15, -0.1) is 0 Å². The zero-order valence-corrected chi connectivity index (χ0v) is 21.8. The molecule has 2 aliphatic heterocycles. The van der Waals surface area contributed by atoms with E-state index in [-0.39, 0.29) is 39.8 Å². The van der Waals surface area contributed by atoms with Crippen LogP contribution in [0.5, 0.6) is 0 Å². The predicted molar refractivity (Wildman–Crippen MR) is 133 cm³/mol. The number of alkyl halides is 6. The molecule has 0 bridgehead atoms. The van der Waals surface area contributed by atoms with Gasteiger partial charge in [0.1, 0.15) is 12.6 Å². The van der Waals surface area contributed by atoms with Crippen molar-refractivity contribution in [3.63, 3.8) is 0 Å². The lowest BCUT2D eigenvalue weighted by Crippen LogP contribution is -2.43. The summed E-state index contributed by atoms with van der Waals surface area (Å²) in [5.74, 6) is -1.51. The highest BCUT2D eigenvalue weighted by molar-refractivity contribution is 7.99. The number of hydrogen-bond acceptors (Lipinski definition) is 4. The first-order valence-corrected chi connectivity index (χ1v) is 12.7. The molecule has 2 aromatic carbocycles. The SMILES string of the molecule is Cc1cc(C2=NSC(c3cc(Cl)cc(Cl)c3)(C(F)(F)F)C2)ccc1C(=O)NC1CCN(CC(F)(F)F)C1=O. The fraction of sp³-hybridized carbons (Fsp3) is 0.375. The Bertz CT molecular complexity index is 1300. The van der Waals surface area contributed by atoms with Gasteiger partial charge in [0.25, 0.3) is 5.91 Å². The van der Waals surface area contributed by atoms with Crippen molar-refractivity contribution in [3.05, 3.63) is 68.7 Å². The second-order valence-corrected chi connectivity index (χ2v) is 10.9. The lowest BCUT2D eigenvalue weighted by Gasteiger charge is -2.30. The van der Waals surface area contributed by atoms with Crippen LogP contribution in [0.25, 0.3) is 0 Å². The Morgan fingerprint density at radius 3 is 2.37 bits per heavy atom. The number of nitrogens with one attached hydrogen (secondary N) is 1. The summed E-state index contributed by atoms with van der Waals surface area (Å²) in [5, 5.41) is 2.56. The molecule has 2 aliphatic rings. The Hall–Kier alpha value is -2.44. The normalized spacial score (nSPS) is 22.1.